The molecule has 2 aromatic rings. The van der Waals surface area contributed by atoms with Crippen LogP contribution >= 0.6 is 11.8 Å². The van der Waals surface area contributed by atoms with Gasteiger partial charge in [-0.05, 0) is 67.9 Å². The van der Waals surface area contributed by atoms with E-state index in [9.17, 15) is 13.6 Å². The summed E-state index contributed by atoms with van der Waals surface area (Å²) in [7, 11) is 0. The first-order valence-corrected chi connectivity index (χ1v) is 16.9. The predicted octanol–water partition coefficient (Wildman–Crippen LogP) is 8.74. The lowest BCUT2D eigenvalue weighted by Crippen LogP contribution is -2.23. The number of phenolic OH excluding ortho intramolecular Hbond substituents is 1. The van der Waals surface area contributed by atoms with Crippen LogP contribution in [-0.4, -0.2) is 46.5 Å². The van der Waals surface area contributed by atoms with Crippen molar-refractivity contribution >= 4 is 24.0 Å². The third kappa shape index (κ3) is 18.2. The van der Waals surface area contributed by atoms with Gasteiger partial charge in [-0.25, -0.2) is 13.8 Å². The highest BCUT2D eigenvalue weighted by Gasteiger charge is 2.19. The SMILES string of the molecule is C1CCCCC1.CC(=O)c1cc(F)cnc1OC1CCSCC1.CCC.NC=O.Oc1cc(OCC2=CCCC=C2)ccc1F. The number of nitrogens with zero attached hydrogens (tertiary/aromatic N) is 1. The number of benzene rings is 1. The number of thioether (sulfide) groups is 1. The molecule has 0 atom stereocenters. The van der Waals surface area contributed by atoms with Gasteiger partial charge in [-0.15, -0.1) is 0 Å². The smallest absolute Gasteiger partial charge is 0.224 e. The molecule has 1 aromatic heterocycles. The molecule has 1 aromatic carbocycles. The number of allylic oxidation sites excluding steroid dienone is 2. The van der Waals surface area contributed by atoms with Gasteiger partial charge >= 0.3 is 0 Å². The van der Waals surface area contributed by atoms with E-state index in [1.807, 2.05) is 17.8 Å². The Hall–Kier alpha value is -3.40. The van der Waals surface area contributed by atoms with Gasteiger partial charge in [0.1, 0.15) is 24.3 Å². The molecule has 250 valence electrons. The van der Waals surface area contributed by atoms with E-state index in [1.165, 1.54) is 76.1 Å². The highest BCUT2D eigenvalue weighted by atomic mass is 32.2. The quantitative estimate of drug-likeness (QED) is 0.238. The first kappa shape index (κ1) is 39.6. The molecule has 45 heavy (non-hydrogen) atoms. The van der Waals surface area contributed by atoms with Crippen LogP contribution in [0.25, 0.3) is 0 Å². The second-order valence-electron chi connectivity index (χ2n) is 10.6. The highest BCUT2D eigenvalue weighted by Crippen LogP contribution is 2.25. The summed E-state index contributed by atoms with van der Waals surface area (Å²) >= 11 is 1.89. The molecule has 3 N–H and O–H groups in total. The number of amides is 1. The number of primary amides is 1. The van der Waals surface area contributed by atoms with Crippen molar-refractivity contribution in [3.8, 4) is 17.4 Å². The summed E-state index contributed by atoms with van der Waals surface area (Å²) < 4.78 is 36.9. The van der Waals surface area contributed by atoms with Crippen LogP contribution in [0.4, 0.5) is 8.78 Å². The largest absolute Gasteiger partial charge is 0.505 e. The van der Waals surface area contributed by atoms with Crippen molar-refractivity contribution in [2.24, 2.45) is 5.73 Å². The summed E-state index contributed by atoms with van der Waals surface area (Å²) in [4.78, 5) is 23.8. The monoisotopic (exact) mass is 648 g/mol. The lowest BCUT2D eigenvalue weighted by molar-refractivity contribution is -0.106. The van der Waals surface area contributed by atoms with Gasteiger partial charge in [-0.2, -0.15) is 11.8 Å². The van der Waals surface area contributed by atoms with E-state index in [0.717, 1.165) is 49.0 Å². The molecule has 0 radical (unpaired) electrons. The molecule has 0 unspecified atom stereocenters. The zero-order valence-corrected chi connectivity index (χ0v) is 27.8. The predicted molar refractivity (Wildman–Crippen MR) is 179 cm³/mol. The number of Topliss-reactive ketones (excluding diaryl/α,β-unsaturated/α-hetero) is 1. The minimum atomic E-state index is -0.635. The van der Waals surface area contributed by atoms with Crippen LogP contribution in [0, 0.1) is 11.6 Å². The summed E-state index contributed by atoms with van der Waals surface area (Å²) in [5.74, 6) is 1.09. The van der Waals surface area contributed by atoms with Crippen molar-refractivity contribution in [3.63, 3.8) is 0 Å². The number of carbonyl (C=O) groups is 2. The fourth-order valence-electron chi connectivity index (χ4n) is 4.31. The minimum Gasteiger partial charge on any atom is -0.505 e. The Bertz CT molecular complexity index is 1170. The van der Waals surface area contributed by atoms with Crippen LogP contribution in [0.2, 0.25) is 0 Å². The van der Waals surface area contributed by atoms with Crippen LogP contribution in [0.15, 0.2) is 54.3 Å². The molecule has 1 amide bonds. The number of ether oxygens (including phenoxy) is 2. The van der Waals surface area contributed by atoms with Gasteiger partial charge in [0.25, 0.3) is 0 Å². The van der Waals surface area contributed by atoms with E-state index >= 15 is 0 Å². The Morgan fingerprint density at radius 3 is 2.18 bits per heavy atom. The van der Waals surface area contributed by atoms with Gasteiger partial charge in [-0.1, -0.05) is 77.0 Å². The molecule has 3 aliphatic rings. The van der Waals surface area contributed by atoms with E-state index in [1.54, 1.807) is 0 Å². The maximum absolute atomic E-state index is 13.0. The third-order valence-electron chi connectivity index (χ3n) is 6.54. The average Bonchev–Trinajstić information content (AvgIpc) is 3.06. The number of hydrogen-bond acceptors (Lipinski definition) is 7. The summed E-state index contributed by atoms with van der Waals surface area (Å²) in [5.41, 5.74) is 5.50. The minimum absolute atomic E-state index is 0.0901. The van der Waals surface area contributed by atoms with Gasteiger partial charge in [0.15, 0.2) is 17.3 Å². The van der Waals surface area contributed by atoms with Gasteiger partial charge in [-0.3, -0.25) is 9.59 Å². The third-order valence-corrected chi connectivity index (χ3v) is 7.59. The highest BCUT2D eigenvalue weighted by molar-refractivity contribution is 7.99. The topological polar surface area (TPSA) is 112 Å². The first-order chi connectivity index (χ1) is 21.7. The molecule has 10 heteroatoms. The fourth-order valence-corrected chi connectivity index (χ4v) is 5.37. The number of halogens is 2. The Labute approximate surface area is 271 Å². The summed E-state index contributed by atoms with van der Waals surface area (Å²) in [5, 5.41) is 9.15. The molecule has 1 saturated carbocycles. The van der Waals surface area contributed by atoms with Crippen LogP contribution in [0.3, 0.4) is 0 Å². The lowest BCUT2D eigenvalue weighted by Gasteiger charge is -2.22. The molecule has 1 saturated heterocycles. The number of pyridine rings is 1. The standard InChI is InChI=1S/C13H13FO2.C12H14FNO2S.C6H12.C3H8.CH3NO/c14-12-7-6-11(8-13(12)15)16-9-10-4-2-1-3-5-10;1-8(15)11-6-9(13)7-14-12(11)16-10-2-4-17-5-3-10;1-2-4-6-5-3-1;1-3-2;2-1-3/h2,4-8,15H,1,3,9H2;6-7,10H,2-5H2,1H3;1-6H2;3H2,1-2H3;1H,(H2,2,3). The normalized spacial score (nSPS) is 15.4. The van der Waals surface area contributed by atoms with E-state index in [-0.39, 0.29) is 35.5 Å². The van der Waals surface area contributed by atoms with E-state index in [0.29, 0.717) is 12.4 Å². The Balaban J connectivity index is 0.000000333. The molecular formula is C35H50F2N2O5S. The number of ketones is 1. The van der Waals surface area contributed by atoms with Gasteiger partial charge in [0.05, 0.1) is 11.8 Å². The average molecular weight is 649 g/mol. The van der Waals surface area contributed by atoms with Crippen molar-refractivity contribution in [2.75, 3.05) is 18.1 Å². The molecule has 2 aliphatic carbocycles. The zero-order valence-electron chi connectivity index (χ0n) is 26.9. The van der Waals surface area contributed by atoms with Gasteiger partial charge < -0.3 is 20.3 Å². The number of phenols is 1. The van der Waals surface area contributed by atoms with Crippen molar-refractivity contribution in [3.05, 3.63) is 71.5 Å². The maximum atomic E-state index is 13.0. The second-order valence-corrected chi connectivity index (χ2v) is 11.8. The van der Waals surface area contributed by atoms with Crippen molar-refractivity contribution in [1.29, 1.82) is 0 Å². The van der Waals surface area contributed by atoms with E-state index in [2.05, 4.69) is 36.7 Å². The van der Waals surface area contributed by atoms with Gasteiger partial charge in [0.2, 0.25) is 12.3 Å². The molecule has 2 heterocycles. The molecule has 1 aliphatic heterocycles. The van der Waals surface area contributed by atoms with Crippen LogP contribution in [0.1, 0.15) is 102 Å². The van der Waals surface area contributed by atoms with Gasteiger partial charge in [0, 0.05) is 6.07 Å². The number of rotatable bonds is 6. The molecular weight excluding hydrogens is 598 g/mol. The van der Waals surface area contributed by atoms with Crippen LogP contribution < -0.4 is 15.2 Å². The number of aromatic nitrogens is 1. The maximum Gasteiger partial charge on any atom is 0.224 e. The lowest BCUT2D eigenvalue weighted by atomic mass is 10.0. The fraction of sp³-hybridized carbons (Fsp3) is 0.514. The van der Waals surface area contributed by atoms with Crippen molar-refractivity contribution < 1.29 is 33.0 Å². The van der Waals surface area contributed by atoms with Crippen LogP contribution in [0.5, 0.6) is 17.4 Å². The number of hydrogen-bond donors (Lipinski definition) is 2. The zero-order chi connectivity index (χ0) is 33.3. The van der Waals surface area contributed by atoms with Crippen LogP contribution in [-0.2, 0) is 4.79 Å². The summed E-state index contributed by atoms with van der Waals surface area (Å²) in [6.45, 7) is 6.08. The Morgan fingerprint density at radius 2 is 1.67 bits per heavy atom. The second kappa shape index (κ2) is 24.9. The number of carbonyl (C=O) groups excluding carboxylic acids is 2. The van der Waals surface area contributed by atoms with E-state index in [4.69, 9.17) is 19.4 Å². The summed E-state index contributed by atoms with van der Waals surface area (Å²) in [6.07, 6.45) is 21.9. The molecule has 0 bridgehead atoms. The first-order valence-electron chi connectivity index (χ1n) is 15.8. The Morgan fingerprint density at radius 1 is 1.07 bits per heavy atom. The molecule has 0 spiro atoms. The molecule has 5 rings (SSSR count). The van der Waals surface area contributed by atoms with Crippen molar-refractivity contribution in [1.82, 2.24) is 4.98 Å². The number of aromatic hydroxyl groups is 1. The van der Waals surface area contributed by atoms with Crippen molar-refractivity contribution in [2.45, 2.75) is 97.5 Å². The molecule has 2 fully saturated rings. The summed E-state index contributed by atoms with van der Waals surface area (Å²) in [6, 6.07) is 5.16. The Kier molecular flexibility index (Phi) is 21.9. The molecule has 7 nitrogen and oxygen atoms in total. The number of nitrogens with two attached hydrogens (primary N) is 1. The van der Waals surface area contributed by atoms with E-state index < -0.39 is 11.6 Å².